The van der Waals surface area contributed by atoms with Crippen LogP contribution in [-0.4, -0.2) is 34.6 Å². The fraction of sp³-hybridized carbons (Fsp3) is 0.158. The molecule has 2 heterocycles. The van der Waals surface area contributed by atoms with Gasteiger partial charge in [-0.25, -0.2) is 15.6 Å². The van der Waals surface area contributed by atoms with E-state index in [-0.39, 0.29) is 17.3 Å². The molecule has 0 fully saturated rings. The molecule has 0 spiro atoms. The van der Waals surface area contributed by atoms with Crippen molar-refractivity contribution in [3.63, 3.8) is 0 Å². The number of pyridine rings is 1. The molecule has 1 aromatic carbocycles. The molecule has 0 bridgehead atoms. The van der Waals surface area contributed by atoms with Crippen molar-refractivity contribution in [1.82, 2.24) is 15.0 Å². The first-order valence-electron chi connectivity index (χ1n) is 8.65. The van der Waals surface area contributed by atoms with Crippen molar-refractivity contribution in [2.45, 2.75) is 6.92 Å². The van der Waals surface area contributed by atoms with Gasteiger partial charge in [0.2, 0.25) is 0 Å². The lowest BCUT2D eigenvalue weighted by Crippen LogP contribution is -2.20. The molecule has 29 heavy (non-hydrogen) atoms. The third kappa shape index (κ3) is 4.01. The Balaban J connectivity index is 2.10. The Morgan fingerprint density at radius 1 is 1.24 bits per heavy atom. The molecule has 0 aliphatic rings. The van der Waals surface area contributed by atoms with E-state index in [1.807, 2.05) is 6.92 Å². The highest BCUT2D eigenvalue weighted by Gasteiger charge is 2.15. The van der Waals surface area contributed by atoms with Crippen LogP contribution >= 0.6 is 0 Å². The number of benzene rings is 1. The fourth-order valence-corrected chi connectivity index (χ4v) is 2.72. The average molecular weight is 396 g/mol. The number of nitrogens with one attached hydrogen (secondary N) is 2. The SMILES string of the molecule is CCOc1cc(-c2cncc(C(=O)OC)c2)ccc1-c1nc(NN)c(N)c(=O)[nH]1. The summed E-state index contributed by atoms with van der Waals surface area (Å²) in [7, 11) is 1.31. The zero-order chi connectivity index (χ0) is 21.0. The van der Waals surface area contributed by atoms with Crippen molar-refractivity contribution in [2.24, 2.45) is 5.84 Å². The number of H-pyrrole nitrogens is 1. The number of methoxy groups -OCH3 is 1. The van der Waals surface area contributed by atoms with Gasteiger partial charge in [0.1, 0.15) is 17.3 Å². The maximum atomic E-state index is 12.1. The first kappa shape index (κ1) is 19.8. The van der Waals surface area contributed by atoms with Gasteiger partial charge < -0.3 is 25.6 Å². The summed E-state index contributed by atoms with van der Waals surface area (Å²) in [5.74, 6) is 5.69. The highest BCUT2D eigenvalue weighted by Crippen LogP contribution is 2.33. The molecular formula is C19H20N6O4. The molecule has 0 amide bonds. The molecule has 0 unspecified atom stereocenters. The number of aromatic nitrogens is 3. The van der Waals surface area contributed by atoms with E-state index in [0.29, 0.717) is 29.0 Å². The molecule has 0 saturated heterocycles. The first-order valence-corrected chi connectivity index (χ1v) is 8.65. The molecule has 10 heteroatoms. The van der Waals surface area contributed by atoms with Gasteiger partial charge in [-0.2, -0.15) is 0 Å². The second-order valence-corrected chi connectivity index (χ2v) is 5.92. The van der Waals surface area contributed by atoms with Crippen molar-refractivity contribution in [3.8, 4) is 28.3 Å². The molecule has 10 nitrogen and oxygen atoms in total. The summed E-state index contributed by atoms with van der Waals surface area (Å²) >= 11 is 0. The number of hydrogen-bond acceptors (Lipinski definition) is 9. The van der Waals surface area contributed by atoms with E-state index in [0.717, 1.165) is 5.56 Å². The largest absolute Gasteiger partial charge is 0.493 e. The first-order chi connectivity index (χ1) is 14.0. The van der Waals surface area contributed by atoms with E-state index in [1.165, 1.54) is 13.3 Å². The number of carbonyl (C=O) groups excluding carboxylic acids is 1. The number of anilines is 2. The molecule has 3 aromatic rings. The maximum Gasteiger partial charge on any atom is 0.339 e. The molecule has 6 N–H and O–H groups in total. The summed E-state index contributed by atoms with van der Waals surface area (Å²) in [6.07, 6.45) is 3.05. The van der Waals surface area contributed by atoms with Crippen LogP contribution in [0.3, 0.4) is 0 Å². The average Bonchev–Trinajstić information content (AvgIpc) is 2.75. The monoisotopic (exact) mass is 396 g/mol. The van der Waals surface area contributed by atoms with Gasteiger partial charge in [0, 0.05) is 18.0 Å². The van der Waals surface area contributed by atoms with Crippen LogP contribution in [0.2, 0.25) is 0 Å². The topological polar surface area (TPSA) is 158 Å². The van der Waals surface area contributed by atoms with Gasteiger partial charge in [-0.1, -0.05) is 6.07 Å². The minimum Gasteiger partial charge on any atom is -0.493 e. The number of hydrazine groups is 1. The molecule has 3 rings (SSSR count). The van der Waals surface area contributed by atoms with Crippen molar-refractivity contribution in [1.29, 1.82) is 0 Å². The summed E-state index contributed by atoms with van der Waals surface area (Å²) in [6, 6.07) is 6.97. The lowest BCUT2D eigenvalue weighted by molar-refractivity contribution is 0.0600. The van der Waals surface area contributed by atoms with Crippen molar-refractivity contribution in [2.75, 3.05) is 24.9 Å². The van der Waals surface area contributed by atoms with Crippen LogP contribution in [0, 0.1) is 0 Å². The van der Waals surface area contributed by atoms with Crippen molar-refractivity contribution in [3.05, 3.63) is 52.6 Å². The number of ether oxygens (including phenoxy) is 2. The van der Waals surface area contributed by atoms with Gasteiger partial charge in [-0.3, -0.25) is 9.78 Å². The van der Waals surface area contributed by atoms with Gasteiger partial charge in [0.05, 0.1) is 24.8 Å². The van der Waals surface area contributed by atoms with E-state index in [1.54, 1.807) is 30.5 Å². The second-order valence-electron chi connectivity index (χ2n) is 5.92. The zero-order valence-electron chi connectivity index (χ0n) is 15.9. The van der Waals surface area contributed by atoms with Gasteiger partial charge >= 0.3 is 5.97 Å². The number of nitrogens with zero attached hydrogens (tertiary/aromatic N) is 2. The highest BCUT2D eigenvalue weighted by atomic mass is 16.5. The number of esters is 1. The molecular weight excluding hydrogens is 376 g/mol. The quantitative estimate of drug-likeness (QED) is 0.275. The second kappa shape index (κ2) is 8.40. The van der Waals surface area contributed by atoms with Crippen LogP contribution in [0.15, 0.2) is 41.5 Å². The van der Waals surface area contributed by atoms with Crippen LogP contribution in [0.25, 0.3) is 22.5 Å². The van der Waals surface area contributed by atoms with E-state index in [4.69, 9.17) is 21.1 Å². The molecule has 2 aromatic heterocycles. The van der Waals surface area contributed by atoms with E-state index in [9.17, 15) is 9.59 Å². The minimum atomic E-state index is -0.524. The number of nitrogens with two attached hydrogens (primary N) is 2. The lowest BCUT2D eigenvalue weighted by Gasteiger charge is -2.13. The predicted molar refractivity (Wildman–Crippen MR) is 108 cm³/mol. The van der Waals surface area contributed by atoms with Crippen molar-refractivity contribution < 1.29 is 14.3 Å². The number of rotatable bonds is 6. The van der Waals surface area contributed by atoms with Gasteiger partial charge in [0.25, 0.3) is 5.56 Å². The highest BCUT2D eigenvalue weighted by molar-refractivity contribution is 5.90. The molecule has 0 saturated carbocycles. The van der Waals surface area contributed by atoms with Crippen LogP contribution in [0.5, 0.6) is 5.75 Å². The maximum absolute atomic E-state index is 12.1. The Morgan fingerprint density at radius 3 is 2.72 bits per heavy atom. The fourth-order valence-electron chi connectivity index (χ4n) is 2.72. The Bertz CT molecular complexity index is 1110. The minimum absolute atomic E-state index is 0.0604. The van der Waals surface area contributed by atoms with Gasteiger partial charge in [-0.15, -0.1) is 0 Å². The number of carbonyl (C=O) groups is 1. The zero-order valence-corrected chi connectivity index (χ0v) is 15.9. The lowest BCUT2D eigenvalue weighted by atomic mass is 10.0. The van der Waals surface area contributed by atoms with E-state index in [2.05, 4.69) is 20.4 Å². The summed E-state index contributed by atoms with van der Waals surface area (Å²) in [5, 5.41) is 0. The molecule has 0 atom stereocenters. The molecule has 0 aliphatic heterocycles. The van der Waals surface area contributed by atoms with Gasteiger partial charge in [-0.05, 0) is 30.7 Å². The number of aromatic amines is 1. The van der Waals surface area contributed by atoms with Crippen LogP contribution in [0.1, 0.15) is 17.3 Å². The Morgan fingerprint density at radius 2 is 2.03 bits per heavy atom. The Labute approximate surface area is 165 Å². The molecule has 0 radical (unpaired) electrons. The number of hydrogen-bond donors (Lipinski definition) is 4. The smallest absolute Gasteiger partial charge is 0.339 e. The summed E-state index contributed by atoms with van der Waals surface area (Å²) < 4.78 is 10.5. The third-order valence-electron chi connectivity index (χ3n) is 4.12. The number of nitrogen functional groups attached to an aromatic ring is 2. The normalized spacial score (nSPS) is 10.4. The Hall–Kier alpha value is -3.92. The van der Waals surface area contributed by atoms with Crippen LogP contribution < -0.4 is 27.3 Å². The van der Waals surface area contributed by atoms with Crippen molar-refractivity contribution >= 4 is 17.5 Å². The van der Waals surface area contributed by atoms with Gasteiger partial charge in [0.15, 0.2) is 5.82 Å². The summed E-state index contributed by atoms with van der Waals surface area (Å²) in [5.41, 5.74) is 9.66. The molecule has 150 valence electrons. The summed E-state index contributed by atoms with van der Waals surface area (Å²) in [4.78, 5) is 34.8. The van der Waals surface area contributed by atoms with Crippen LogP contribution in [-0.2, 0) is 4.74 Å². The third-order valence-corrected chi connectivity index (χ3v) is 4.12. The van der Waals surface area contributed by atoms with Crippen LogP contribution in [0.4, 0.5) is 11.5 Å². The Kier molecular flexibility index (Phi) is 5.74. The van der Waals surface area contributed by atoms with E-state index < -0.39 is 11.5 Å². The summed E-state index contributed by atoms with van der Waals surface area (Å²) in [6.45, 7) is 2.22. The van der Waals surface area contributed by atoms with E-state index >= 15 is 0 Å². The molecule has 0 aliphatic carbocycles. The standard InChI is InChI=1S/C19H20N6O4/c1-3-29-14-7-10(11-6-12(9-22-8-11)19(27)28-2)4-5-13(14)16-23-17(25-21)15(20)18(26)24-16/h4-9H,3,20-21H2,1-2H3,(H2,23,24,25,26). The predicted octanol–water partition coefficient (Wildman–Crippen LogP) is 1.55.